The summed E-state index contributed by atoms with van der Waals surface area (Å²) in [5, 5.41) is 0. The van der Waals surface area contributed by atoms with Crippen LogP contribution in [0.3, 0.4) is 0 Å². The summed E-state index contributed by atoms with van der Waals surface area (Å²) in [5.74, 6) is 0.437. The normalized spacial score (nSPS) is 11.6. The molecule has 0 radical (unpaired) electrons. The second-order valence-electron chi connectivity index (χ2n) is 3.05. The third-order valence-electron chi connectivity index (χ3n) is 1.68. The molecule has 0 aliphatic rings. The molecule has 0 bridgehead atoms. The van der Waals surface area contributed by atoms with E-state index in [1.807, 2.05) is 24.3 Å². The van der Waals surface area contributed by atoms with E-state index in [4.69, 9.17) is 11.6 Å². The van der Waals surface area contributed by atoms with Gasteiger partial charge in [0.25, 0.3) is 0 Å². The number of hydrogen-bond donors (Lipinski definition) is 1. The maximum Gasteiger partial charge on any atom is 0.209 e. The fourth-order valence-corrected chi connectivity index (χ4v) is 1.63. The van der Waals surface area contributed by atoms with Crippen LogP contribution in [0.4, 0.5) is 0 Å². The lowest BCUT2D eigenvalue weighted by Gasteiger charge is -2.03. The molecule has 0 saturated carbocycles. The maximum absolute atomic E-state index is 10.8. The highest BCUT2D eigenvalue weighted by molar-refractivity contribution is 7.88. The summed E-state index contributed by atoms with van der Waals surface area (Å²) in [5.41, 5.74) is 1.90. The second-order valence-corrected chi connectivity index (χ2v) is 5.15. The molecule has 3 nitrogen and oxygen atoms in total. The molecule has 0 unspecified atom stereocenters. The molecule has 0 aliphatic heterocycles. The van der Waals surface area contributed by atoms with Crippen molar-refractivity contribution in [1.82, 2.24) is 4.72 Å². The molecule has 0 heterocycles. The molecule has 78 valence electrons. The lowest BCUT2D eigenvalue weighted by atomic mass is 10.1. The summed E-state index contributed by atoms with van der Waals surface area (Å²) < 4.78 is 24.1. The first-order valence-corrected chi connectivity index (χ1v) is 6.52. The summed E-state index contributed by atoms with van der Waals surface area (Å²) in [4.78, 5) is 0. The van der Waals surface area contributed by atoms with Crippen LogP contribution in [-0.4, -0.2) is 14.7 Å². The van der Waals surface area contributed by atoms with Crippen LogP contribution in [0.5, 0.6) is 0 Å². The van der Waals surface area contributed by atoms with E-state index in [9.17, 15) is 8.42 Å². The largest absolute Gasteiger partial charge is 0.213 e. The minimum absolute atomic E-state index is 0.309. The number of sulfonamides is 1. The lowest BCUT2D eigenvalue weighted by molar-refractivity contribution is 0.587. The standard InChI is InChI=1S/C9H12ClNO2S/c1-14(12,13)11-7-9-4-2-3-8(5-9)6-10/h2-5,11H,6-7H2,1H3. The molecule has 1 N–H and O–H groups in total. The molecule has 0 fully saturated rings. The molecule has 1 aromatic carbocycles. The average molecular weight is 234 g/mol. The summed E-state index contributed by atoms with van der Waals surface area (Å²) in [6.45, 7) is 0.309. The van der Waals surface area contributed by atoms with Crippen molar-refractivity contribution < 1.29 is 8.42 Å². The third kappa shape index (κ3) is 4.09. The van der Waals surface area contributed by atoms with E-state index in [2.05, 4.69) is 4.72 Å². The monoisotopic (exact) mass is 233 g/mol. The van der Waals surface area contributed by atoms with E-state index in [0.29, 0.717) is 12.4 Å². The first-order valence-electron chi connectivity index (χ1n) is 4.09. The van der Waals surface area contributed by atoms with E-state index < -0.39 is 10.0 Å². The first kappa shape index (κ1) is 11.5. The number of halogens is 1. The van der Waals surface area contributed by atoms with Gasteiger partial charge in [0.15, 0.2) is 0 Å². The first-order chi connectivity index (χ1) is 6.51. The van der Waals surface area contributed by atoms with Crippen molar-refractivity contribution in [1.29, 1.82) is 0 Å². The zero-order valence-electron chi connectivity index (χ0n) is 7.83. The number of hydrogen-bond acceptors (Lipinski definition) is 2. The molecule has 0 atom stereocenters. The van der Waals surface area contributed by atoms with Gasteiger partial charge in [0.05, 0.1) is 6.26 Å². The van der Waals surface area contributed by atoms with Crippen LogP contribution in [0.2, 0.25) is 0 Å². The van der Waals surface area contributed by atoms with Crippen LogP contribution in [0.25, 0.3) is 0 Å². The Morgan fingerprint density at radius 3 is 2.57 bits per heavy atom. The smallest absolute Gasteiger partial charge is 0.209 e. The van der Waals surface area contributed by atoms with Crippen LogP contribution >= 0.6 is 11.6 Å². The lowest BCUT2D eigenvalue weighted by Crippen LogP contribution is -2.21. The Kier molecular flexibility index (Phi) is 3.92. The van der Waals surface area contributed by atoms with Crippen molar-refractivity contribution in [2.24, 2.45) is 0 Å². The van der Waals surface area contributed by atoms with Gasteiger partial charge < -0.3 is 0 Å². The van der Waals surface area contributed by atoms with Gasteiger partial charge in [0.1, 0.15) is 0 Å². The molecule has 0 saturated heterocycles. The second kappa shape index (κ2) is 4.77. The fraction of sp³-hybridized carbons (Fsp3) is 0.333. The highest BCUT2D eigenvalue weighted by atomic mass is 35.5. The highest BCUT2D eigenvalue weighted by Gasteiger charge is 2.01. The third-order valence-corrected chi connectivity index (χ3v) is 2.66. The number of benzene rings is 1. The topological polar surface area (TPSA) is 46.2 Å². The van der Waals surface area contributed by atoms with Gasteiger partial charge in [0, 0.05) is 12.4 Å². The van der Waals surface area contributed by atoms with Gasteiger partial charge in [-0.3, -0.25) is 0 Å². The Morgan fingerprint density at radius 2 is 2.00 bits per heavy atom. The highest BCUT2D eigenvalue weighted by Crippen LogP contribution is 2.07. The summed E-state index contributed by atoms with van der Waals surface area (Å²) in [6.07, 6.45) is 1.14. The molecule has 1 aromatic rings. The van der Waals surface area contributed by atoms with Gasteiger partial charge >= 0.3 is 0 Å². The molecule has 5 heteroatoms. The van der Waals surface area contributed by atoms with Gasteiger partial charge in [-0.15, -0.1) is 11.6 Å². The Balaban J connectivity index is 2.68. The number of alkyl halides is 1. The van der Waals surface area contributed by atoms with Crippen LogP contribution in [0.15, 0.2) is 24.3 Å². The van der Waals surface area contributed by atoms with Gasteiger partial charge in [-0.05, 0) is 11.1 Å². The van der Waals surface area contributed by atoms with Gasteiger partial charge in [-0.2, -0.15) is 0 Å². The molecule has 14 heavy (non-hydrogen) atoms. The Morgan fingerprint density at radius 1 is 1.36 bits per heavy atom. The van der Waals surface area contributed by atoms with Gasteiger partial charge in [-0.1, -0.05) is 24.3 Å². The molecule has 0 aliphatic carbocycles. The van der Waals surface area contributed by atoms with Gasteiger partial charge in [0.2, 0.25) is 10.0 Å². The number of rotatable bonds is 4. The molecule has 0 spiro atoms. The Hall–Kier alpha value is -0.580. The van der Waals surface area contributed by atoms with Gasteiger partial charge in [-0.25, -0.2) is 13.1 Å². The van der Waals surface area contributed by atoms with Crippen LogP contribution < -0.4 is 4.72 Å². The van der Waals surface area contributed by atoms with Crippen molar-refractivity contribution in [3.63, 3.8) is 0 Å². The Labute approximate surface area is 89.1 Å². The molecule has 0 aromatic heterocycles. The van der Waals surface area contributed by atoms with E-state index in [1.54, 1.807) is 0 Å². The summed E-state index contributed by atoms with van der Waals surface area (Å²) >= 11 is 5.65. The fourth-order valence-electron chi connectivity index (χ4n) is 1.04. The van der Waals surface area contributed by atoms with Crippen LogP contribution in [0, 0.1) is 0 Å². The molecular weight excluding hydrogens is 222 g/mol. The summed E-state index contributed by atoms with van der Waals surface area (Å²) in [6, 6.07) is 7.49. The minimum atomic E-state index is -3.12. The maximum atomic E-state index is 10.8. The molecule has 1 rings (SSSR count). The average Bonchev–Trinajstić information content (AvgIpc) is 2.14. The van der Waals surface area contributed by atoms with Crippen molar-refractivity contribution in [2.75, 3.05) is 6.26 Å². The predicted octanol–water partition coefficient (Wildman–Crippen LogP) is 1.47. The number of nitrogens with one attached hydrogen (secondary N) is 1. The van der Waals surface area contributed by atoms with E-state index in [1.165, 1.54) is 0 Å². The van der Waals surface area contributed by atoms with E-state index >= 15 is 0 Å². The van der Waals surface area contributed by atoms with Crippen molar-refractivity contribution in [3.8, 4) is 0 Å². The van der Waals surface area contributed by atoms with Crippen molar-refractivity contribution >= 4 is 21.6 Å². The van der Waals surface area contributed by atoms with E-state index in [0.717, 1.165) is 17.4 Å². The zero-order valence-corrected chi connectivity index (χ0v) is 9.40. The quantitative estimate of drug-likeness (QED) is 0.801. The molecular formula is C9H12ClNO2S. The zero-order chi connectivity index (χ0) is 10.6. The SMILES string of the molecule is CS(=O)(=O)NCc1cccc(CCl)c1. The summed E-state index contributed by atoms with van der Waals surface area (Å²) in [7, 11) is -3.12. The van der Waals surface area contributed by atoms with Crippen molar-refractivity contribution in [2.45, 2.75) is 12.4 Å². The minimum Gasteiger partial charge on any atom is -0.213 e. The Bertz CT molecular complexity index is 403. The van der Waals surface area contributed by atoms with Crippen LogP contribution in [0.1, 0.15) is 11.1 Å². The van der Waals surface area contributed by atoms with Crippen molar-refractivity contribution in [3.05, 3.63) is 35.4 Å². The van der Waals surface area contributed by atoms with E-state index in [-0.39, 0.29) is 0 Å². The predicted molar refractivity (Wildman–Crippen MR) is 57.7 cm³/mol. The molecule has 0 amide bonds. The van der Waals surface area contributed by atoms with Crippen LogP contribution in [-0.2, 0) is 22.4 Å².